The van der Waals surface area contributed by atoms with Gasteiger partial charge in [-0.1, -0.05) is 24.3 Å². The Bertz CT molecular complexity index is 529. The van der Waals surface area contributed by atoms with Crippen LogP contribution in [0.1, 0.15) is 19.3 Å². The normalized spacial score (nSPS) is 16.0. The Balaban J connectivity index is 1.56. The third-order valence-corrected chi connectivity index (χ3v) is 3.71. The maximum atomic E-state index is 4.20. The Labute approximate surface area is 113 Å². The van der Waals surface area contributed by atoms with Gasteiger partial charge in [0.1, 0.15) is 0 Å². The fraction of sp³-hybridized carbons (Fsp3) is 0.467. The molecule has 2 aromatic rings. The molecule has 1 aliphatic heterocycles. The topological polar surface area (TPSA) is 41.0 Å². The maximum absolute atomic E-state index is 4.20. The summed E-state index contributed by atoms with van der Waals surface area (Å²) in [5, 5.41) is 13.9. The van der Waals surface area contributed by atoms with E-state index in [1.165, 1.54) is 32.5 Å². The summed E-state index contributed by atoms with van der Waals surface area (Å²) >= 11 is 0. The van der Waals surface area contributed by atoms with Gasteiger partial charge in [-0.05, 0) is 38.9 Å². The lowest BCUT2D eigenvalue weighted by atomic mass is 10.2. The van der Waals surface area contributed by atoms with Gasteiger partial charge in [0, 0.05) is 17.3 Å². The Hall–Kier alpha value is -1.68. The Morgan fingerprint density at radius 1 is 1.16 bits per heavy atom. The van der Waals surface area contributed by atoms with Crippen LogP contribution >= 0.6 is 0 Å². The van der Waals surface area contributed by atoms with Crippen LogP contribution in [0.4, 0.5) is 5.82 Å². The maximum Gasteiger partial charge on any atom is 0.156 e. The molecule has 100 valence electrons. The highest BCUT2D eigenvalue weighted by atomic mass is 15.2. The molecule has 19 heavy (non-hydrogen) atoms. The summed E-state index contributed by atoms with van der Waals surface area (Å²) < 4.78 is 0. The van der Waals surface area contributed by atoms with Crippen molar-refractivity contribution in [1.29, 1.82) is 0 Å². The minimum Gasteiger partial charge on any atom is -0.368 e. The van der Waals surface area contributed by atoms with Crippen molar-refractivity contribution in [2.24, 2.45) is 0 Å². The molecule has 1 N–H and O–H groups in total. The van der Waals surface area contributed by atoms with Crippen molar-refractivity contribution in [2.45, 2.75) is 19.3 Å². The standard InChI is InChI=1S/C15H20N4/c1-2-7-14-13(6-1)12-17-18-15(14)16-8-5-11-19-9-3-4-10-19/h1-2,6-7,12H,3-5,8-11H2,(H,16,18). The van der Waals surface area contributed by atoms with Crippen LogP contribution in [0.25, 0.3) is 10.8 Å². The van der Waals surface area contributed by atoms with E-state index >= 15 is 0 Å². The van der Waals surface area contributed by atoms with Crippen LogP contribution in [-0.4, -0.2) is 41.3 Å². The molecule has 0 aliphatic carbocycles. The Kier molecular flexibility index (Phi) is 3.89. The summed E-state index contributed by atoms with van der Waals surface area (Å²) in [4.78, 5) is 2.54. The molecule has 1 fully saturated rings. The van der Waals surface area contributed by atoms with E-state index in [0.717, 1.165) is 29.6 Å². The smallest absolute Gasteiger partial charge is 0.156 e. The van der Waals surface area contributed by atoms with Gasteiger partial charge in [-0.3, -0.25) is 0 Å². The zero-order chi connectivity index (χ0) is 12.9. The highest BCUT2D eigenvalue weighted by molar-refractivity contribution is 5.90. The van der Waals surface area contributed by atoms with Gasteiger partial charge < -0.3 is 10.2 Å². The minimum absolute atomic E-state index is 0.902. The summed E-state index contributed by atoms with van der Waals surface area (Å²) in [6, 6.07) is 8.23. The second kappa shape index (κ2) is 5.97. The molecule has 1 aromatic carbocycles. The van der Waals surface area contributed by atoms with Gasteiger partial charge in [0.2, 0.25) is 0 Å². The van der Waals surface area contributed by atoms with E-state index in [1.807, 2.05) is 18.3 Å². The molecule has 0 saturated carbocycles. The first-order chi connectivity index (χ1) is 9.43. The van der Waals surface area contributed by atoms with Crippen LogP contribution in [0.3, 0.4) is 0 Å². The number of nitrogens with one attached hydrogen (secondary N) is 1. The van der Waals surface area contributed by atoms with Crippen LogP contribution in [0.2, 0.25) is 0 Å². The molecular weight excluding hydrogens is 236 g/mol. The van der Waals surface area contributed by atoms with Crippen LogP contribution in [-0.2, 0) is 0 Å². The quantitative estimate of drug-likeness (QED) is 0.835. The molecule has 0 bridgehead atoms. The second-order valence-corrected chi connectivity index (χ2v) is 5.11. The van der Waals surface area contributed by atoms with Crippen molar-refractivity contribution >= 4 is 16.6 Å². The van der Waals surface area contributed by atoms with Crippen molar-refractivity contribution in [2.75, 3.05) is 31.5 Å². The summed E-state index contributed by atoms with van der Waals surface area (Å²) in [5.41, 5.74) is 0. The predicted octanol–water partition coefficient (Wildman–Crippen LogP) is 2.53. The summed E-state index contributed by atoms with van der Waals surface area (Å²) in [6.07, 6.45) is 5.69. The molecule has 1 saturated heterocycles. The lowest BCUT2D eigenvalue weighted by Crippen LogP contribution is -2.22. The molecule has 4 nitrogen and oxygen atoms in total. The number of anilines is 1. The second-order valence-electron chi connectivity index (χ2n) is 5.11. The van der Waals surface area contributed by atoms with Crippen molar-refractivity contribution in [1.82, 2.24) is 15.1 Å². The molecule has 0 atom stereocenters. The average molecular weight is 256 g/mol. The van der Waals surface area contributed by atoms with Crippen LogP contribution < -0.4 is 5.32 Å². The monoisotopic (exact) mass is 256 g/mol. The molecule has 1 aromatic heterocycles. The van der Waals surface area contributed by atoms with Gasteiger partial charge in [0.05, 0.1) is 6.20 Å². The number of likely N-dealkylation sites (tertiary alicyclic amines) is 1. The van der Waals surface area contributed by atoms with Crippen LogP contribution in [0.15, 0.2) is 30.5 Å². The van der Waals surface area contributed by atoms with Gasteiger partial charge >= 0.3 is 0 Å². The van der Waals surface area contributed by atoms with Crippen molar-refractivity contribution in [3.05, 3.63) is 30.5 Å². The lowest BCUT2D eigenvalue weighted by molar-refractivity contribution is 0.337. The third kappa shape index (κ3) is 3.01. The van der Waals surface area contributed by atoms with E-state index in [-0.39, 0.29) is 0 Å². The first-order valence-electron chi connectivity index (χ1n) is 7.10. The molecule has 3 rings (SSSR count). The number of rotatable bonds is 5. The van der Waals surface area contributed by atoms with Crippen LogP contribution in [0.5, 0.6) is 0 Å². The number of nitrogens with zero attached hydrogens (tertiary/aromatic N) is 3. The highest BCUT2D eigenvalue weighted by Crippen LogP contribution is 2.19. The molecule has 4 heteroatoms. The first-order valence-corrected chi connectivity index (χ1v) is 7.10. The number of aromatic nitrogens is 2. The Morgan fingerprint density at radius 3 is 2.89 bits per heavy atom. The van der Waals surface area contributed by atoms with Crippen molar-refractivity contribution in [3.63, 3.8) is 0 Å². The molecule has 0 amide bonds. The van der Waals surface area contributed by atoms with E-state index in [1.54, 1.807) is 0 Å². The number of benzene rings is 1. The highest BCUT2D eigenvalue weighted by Gasteiger charge is 2.10. The first kappa shape index (κ1) is 12.4. The molecular formula is C15H20N4. The van der Waals surface area contributed by atoms with Gasteiger partial charge in [-0.25, -0.2) is 0 Å². The molecule has 1 aliphatic rings. The van der Waals surface area contributed by atoms with E-state index in [2.05, 4.69) is 32.5 Å². The number of hydrogen-bond acceptors (Lipinski definition) is 4. The Morgan fingerprint density at radius 2 is 2.00 bits per heavy atom. The fourth-order valence-electron chi connectivity index (χ4n) is 2.67. The van der Waals surface area contributed by atoms with Gasteiger partial charge in [0.15, 0.2) is 5.82 Å². The predicted molar refractivity (Wildman–Crippen MR) is 78.3 cm³/mol. The zero-order valence-corrected chi connectivity index (χ0v) is 11.2. The van der Waals surface area contributed by atoms with Gasteiger partial charge in [-0.2, -0.15) is 5.10 Å². The number of hydrogen-bond donors (Lipinski definition) is 1. The minimum atomic E-state index is 0.902. The van der Waals surface area contributed by atoms with Gasteiger partial charge in [-0.15, -0.1) is 5.10 Å². The third-order valence-electron chi connectivity index (χ3n) is 3.71. The van der Waals surface area contributed by atoms with Crippen LogP contribution in [0, 0.1) is 0 Å². The largest absolute Gasteiger partial charge is 0.368 e. The fourth-order valence-corrected chi connectivity index (χ4v) is 2.67. The van der Waals surface area contributed by atoms with Crippen molar-refractivity contribution < 1.29 is 0 Å². The number of fused-ring (bicyclic) bond motifs is 1. The van der Waals surface area contributed by atoms with E-state index in [4.69, 9.17) is 0 Å². The van der Waals surface area contributed by atoms with E-state index < -0.39 is 0 Å². The lowest BCUT2D eigenvalue weighted by Gasteiger charge is -2.14. The summed E-state index contributed by atoms with van der Waals surface area (Å²) in [7, 11) is 0. The summed E-state index contributed by atoms with van der Waals surface area (Å²) in [6.45, 7) is 4.69. The molecule has 0 unspecified atom stereocenters. The molecule has 2 heterocycles. The molecule has 0 radical (unpaired) electrons. The average Bonchev–Trinajstić information content (AvgIpc) is 2.97. The van der Waals surface area contributed by atoms with E-state index in [9.17, 15) is 0 Å². The molecule has 0 spiro atoms. The summed E-state index contributed by atoms with van der Waals surface area (Å²) in [5.74, 6) is 0.902. The van der Waals surface area contributed by atoms with E-state index in [0.29, 0.717) is 0 Å². The van der Waals surface area contributed by atoms with Crippen molar-refractivity contribution in [3.8, 4) is 0 Å². The van der Waals surface area contributed by atoms with Gasteiger partial charge in [0.25, 0.3) is 0 Å². The SMILES string of the molecule is c1ccc2c(NCCCN3CCCC3)nncc2c1. The zero-order valence-electron chi connectivity index (χ0n) is 11.2.